The fraction of sp³-hybridized carbons (Fsp3) is 0.400. The maximum Gasteiger partial charge on any atom is 0.175 e. The van der Waals surface area contributed by atoms with E-state index in [2.05, 4.69) is 4.98 Å². The molecule has 0 aliphatic carbocycles. The molecule has 0 aliphatic heterocycles. The van der Waals surface area contributed by atoms with E-state index in [1.165, 1.54) is 4.73 Å². The van der Waals surface area contributed by atoms with E-state index >= 15 is 0 Å². The van der Waals surface area contributed by atoms with Gasteiger partial charge in [-0.05, 0) is 52.2 Å². The van der Waals surface area contributed by atoms with Crippen LogP contribution in [0.15, 0.2) is 24.3 Å². The van der Waals surface area contributed by atoms with Gasteiger partial charge in [-0.25, -0.2) is 4.98 Å². The van der Waals surface area contributed by atoms with E-state index < -0.39 is 0 Å². The zero-order valence-corrected chi connectivity index (χ0v) is 12.4. The highest BCUT2D eigenvalue weighted by atomic mass is 16.5. The molecule has 0 unspecified atom stereocenters. The minimum absolute atomic E-state index is 0.558. The molecule has 2 aromatic rings. The maximum absolute atomic E-state index is 10.3. The average molecular weight is 275 g/mol. The van der Waals surface area contributed by atoms with Crippen LogP contribution < -0.4 is 4.74 Å². The molecule has 5 heteroatoms. The number of hydrogen-bond acceptors (Lipinski definition) is 4. The van der Waals surface area contributed by atoms with E-state index in [1.54, 1.807) is 0 Å². The van der Waals surface area contributed by atoms with Crippen LogP contribution in [0.3, 0.4) is 0 Å². The molecule has 2 rings (SSSR count). The maximum atomic E-state index is 10.3. The van der Waals surface area contributed by atoms with Crippen LogP contribution >= 0.6 is 0 Å². The summed E-state index contributed by atoms with van der Waals surface area (Å²) in [5.74, 6) is 1.37. The number of imidazole rings is 1. The summed E-state index contributed by atoms with van der Waals surface area (Å²) < 4.78 is 6.58. The van der Waals surface area contributed by atoms with Crippen LogP contribution in [0.2, 0.25) is 0 Å². The molecule has 108 valence electrons. The molecule has 0 spiro atoms. The van der Waals surface area contributed by atoms with Gasteiger partial charge in [0.2, 0.25) is 0 Å². The van der Waals surface area contributed by atoms with Crippen molar-refractivity contribution in [3.05, 3.63) is 35.7 Å². The van der Waals surface area contributed by atoms with Crippen LogP contribution in [-0.2, 0) is 6.54 Å². The van der Waals surface area contributed by atoms with Gasteiger partial charge in [-0.15, -0.1) is 0 Å². The summed E-state index contributed by atoms with van der Waals surface area (Å²) in [5.41, 5.74) is 2.51. The van der Waals surface area contributed by atoms with Gasteiger partial charge in [-0.3, -0.25) is 0 Å². The summed E-state index contributed by atoms with van der Waals surface area (Å²) in [6, 6.07) is 7.57. The first kappa shape index (κ1) is 14.4. The van der Waals surface area contributed by atoms with Crippen molar-refractivity contribution in [3.63, 3.8) is 0 Å². The van der Waals surface area contributed by atoms with Crippen LogP contribution in [-0.4, -0.2) is 40.5 Å². The van der Waals surface area contributed by atoms with Crippen molar-refractivity contribution in [2.24, 2.45) is 0 Å². The molecule has 0 amide bonds. The Hall–Kier alpha value is -2.01. The van der Waals surface area contributed by atoms with Gasteiger partial charge in [0.1, 0.15) is 5.75 Å². The molecule has 1 aromatic heterocycles. The number of rotatable bonds is 5. The van der Waals surface area contributed by atoms with Gasteiger partial charge in [-0.2, -0.15) is 4.73 Å². The van der Waals surface area contributed by atoms with E-state index in [4.69, 9.17) is 4.74 Å². The van der Waals surface area contributed by atoms with Gasteiger partial charge in [0.15, 0.2) is 5.82 Å². The molecule has 0 bridgehead atoms. The molecular weight excluding hydrogens is 254 g/mol. The quantitative estimate of drug-likeness (QED) is 0.852. The Morgan fingerprint density at radius 3 is 2.45 bits per heavy atom. The van der Waals surface area contributed by atoms with E-state index in [0.29, 0.717) is 19.0 Å². The zero-order chi connectivity index (χ0) is 14.7. The summed E-state index contributed by atoms with van der Waals surface area (Å²) in [6.45, 7) is 5.14. The normalized spacial score (nSPS) is 11.1. The topological polar surface area (TPSA) is 50.5 Å². The minimum atomic E-state index is 0.558. The molecule has 0 atom stereocenters. The van der Waals surface area contributed by atoms with Crippen molar-refractivity contribution >= 4 is 0 Å². The molecule has 0 saturated carbocycles. The van der Waals surface area contributed by atoms with E-state index in [1.807, 2.05) is 57.1 Å². The van der Waals surface area contributed by atoms with Crippen LogP contribution in [0.1, 0.15) is 18.3 Å². The van der Waals surface area contributed by atoms with Crippen LogP contribution in [0.4, 0.5) is 0 Å². The number of ether oxygens (including phenoxy) is 1. The number of aryl methyl sites for hydroxylation is 1. The van der Waals surface area contributed by atoms with E-state index in [9.17, 15) is 5.21 Å². The van der Waals surface area contributed by atoms with Crippen molar-refractivity contribution in [1.82, 2.24) is 14.6 Å². The molecule has 1 aromatic carbocycles. The Morgan fingerprint density at radius 2 is 1.90 bits per heavy atom. The molecule has 1 N–H and O–H groups in total. The second-order valence-electron chi connectivity index (χ2n) is 4.97. The van der Waals surface area contributed by atoms with Gasteiger partial charge in [0.05, 0.1) is 18.0 Å². The molecule has 0 aliphatic rings. The second kappa shape index (κ2) is 5.96. The van der Waals surface area contributed by atoms with E-state index in [-0.39, 0.29) is 0 Å². The largest absolute Gasteiger partial charge is 0.494 e. The third kappa shape index (κ3) is 2.93. The van der Waals surface area contributed by atoms with Gasteiger partial charge in [-0.1, -0.05) is 0 Å². The Bertz CT molecular complexity index is 574. The molecule has 0 fully saturated rings. The number of hydrogen-bond donors (Lipinski definition) is 1. The van der Waals surface area contributed by atoms with Crippen molar-refractivity contribution < 1.29 is 9.94 Å². The average Bonchev–Trinajstić information content (AvgIpc) is 2.68. The summed E-state index contributed by atoms with van der Waals surface area (Å²) in [5, 5.41) is 10.3. The molecule has 1 heterocycles. The fourth-order valence-corrected chi connectivity index (χ4v) is 2.09. The van der Waals surface area contributed by atoms with E-state index in [0.717, 1.165) is 22.7 Å². The fourth-order valence-electron chi connectivity index (χ4n) is 2.09. The van der Waals surface area contributed by atoms with Gasteiger partial charge < -0.3 is 14.8 Å². The Balaban J connectivity index is 2.33. The van der Waals surface area contributed by atoms with Crippen LogP contribution in [0, 0.1) is 6.92 Å². The van der Waals surface area contributed by atoms with Crippen molar-refractivity contribution in [1.29, 1.82) is 0 Å². The van der Waals surface area contributed by atoms with Crippen molar-refractivity contribution in [2.75, 3.05) is 20.7 Å². The molecule has 0 saturated heterocycles. The smallest absolute Gasteiger partial charge is 0.175 e. The number of nitrogens with zero attached hydrogens (tertiary/aromatic N) is 3. The first-order valence-electron chi connectivity index (χ1n) is 6.68. The summed E-state index contributed by atoms with van der Waals surface area (Å²) in [6.07, 6.45) is 0. The number of aromatic nitrogens is 2. The molecule has 20 heavy (non-hydrogen) atoms. The van der Waals surface area contributed by atoms with Gasteiger partial charge >= 0.3 is 0 Å². The SMILES string of the molecule is CCOc1ccc(-c2nc(C)c(CN(C)C)n2O)cc1. The minimum Gasteiger partial charge on any atom is -0.494 e. The highest BCUT2D eigenvalue weighted by Gasteiger charge is 2.15. The predicted octanol–water partition coefficient (Wildman–Crippen LogP) is 2.56. The van der Waals surface area contributed by atoms with Crippen LogP contribution in [0.5, 0.6) is 5.75 Å². The number of benzene rings is 1. The van der Waals surface area contributed by atoms with Crippen molar-refractivity contribution in [3.8, 4) is 17.1 Å². The zero-order valence-electron chi connectivity index (χ0n) is 12.4. The Labute approximate surface area is 119 Å². The lowest BCUT2D eigenvalue weighted by Crippen LogP contribution is -2.14. The molecule has 0 radical (unpaired) electrons. The second-order valence-corrected chi connectivity index (χ2v) is 4.97. The first-order valence-corrected chi connectivity index (χ1v) is 6.68. The third-order valence-electron chi connectivity index (χ3n) is 3.04. The van der Waals surface area contributed by atoms with Gasteiger partial charge in [0.25, 0.3) is 0 Å². The highest BCUT2D eigenvalue weighted by molar-refractivity contribution is 5.57. The predicted molar refractivity (Wildman–Crippen MR) is 78.1 cm³/mol. The lowest BCUT2D eigenvalue weighted by molar-refractivity contribution is 0.172. The Kier molecular flexibility index (Phi) is 4.29. The lowest BCUT2D eigenvalue weighted by atomic mass is 10.2. The molecule has 5 nitrogen and oxygen atoms in total. The lowest BCUT2D eigenvalue weighted by Gasteiger charge is -2.10. The monoisotopic (exact) mass is 275 g/mol. The Morgan fingerprint density at radius 1 is 1.25 bits per heavy atom. The van der Waals surface area contributed by atoms with Crippen molar-refractivity contribution in [2.45, 2.75) is 20.4 Å². The van der Waals surface area contributed by atoms with Crippen LogP contribution in [0.25, 0.3) is 11.4 Å². The molecular formula is C15H21N3O2. The van der Waals surface area contributed by atoms with Gasteiger partial charge in [0, 0.05) is 12.1 Å². The standard InChI is InChI=1S/C15H21N3O2/c1-5-20-13-8-6-12(7-9-13)15-16-11(2)14(18(15)19)10-17(3)4/h6-9,19H,5,10H2,1-4H3. The summed E-state index contributed by atoms with van der Waals surface area (Å²) >= 11 is 0. The third-order valence-corrected chi connectivity index (χ3v) is 3.04. The first-order chi connectivity index (χ1) is 9.52. The highest BCUT2D eigenvalue weighted by Crippen LogP contribution is 2.24. The summed E-state index contributed by atoms with van der Waals surface area (Å²) in [4.78, 5) is 6.45. The summed E-state index contributed by atoms with van der Waals surface area (Å²) in [7, 11) is 3.92.